The lowest BCUT2D eigenvalue weighted by atomic mass is 10.0. The number of nitrogens with zero attached hydrogens (tertiary/aromatic N) is 1. The summed E-state index contributed by atoms with van der Waals surface area (Å²) in [5.74, 6) is 0.847. The molecule has 1 atom stereocenters. The molecule has 0 aliphatic carbocycles. The topological polar surface area (TPSA) is 50.8 Å². The molecule has 1 saturated heterocycles. The van der Waals surface area contributed by atoms with Crippen LogP contribution in [0.1, 0.15) is 33.6 Å². The number of hydrogen-bond acceptors (Lipinski definition) is 4. The molecule has 1 amide bonds. The van der Waals surface area contributed by atoms with Crippen molar-refractivity contribution in [3.05, 3.63) is 24.3 Å². The van der Waals surface area contributed by atoms with Crippen molar-refractivity contribution in [2.45, 2.75) is 45.3 Å². The van der Waals surface area contributed by atoms with E-state index in [2.05, 4.69) is 16.3 Å². The fraction of sp³-hybridized carbons (Fsp3) is 0.588. The minimum absolute atomic E-state index is 0.106. The van der Waals surface area contributed by atoms with Crippen LogP contribution >= 0.6 is 0 Å². The van der Waals surface area contributed by atoms with E-state index in [9.17, 15) is 4.79 Å². The molecule has 1 heterocycles. The Labute approximate surface area is 132 Å². The van der Waals surface area contributed by atoms with Gasteiger partial charge in [0.2, 0.25) is 0 Å². The standard InChI is InChI=1S/C17H26N2O3/c1-17(2,3)22-16(20)18-13-7-6-10-19(12-13)14-8-5-9-15(11-14)21-4/h5,8-9,11,13H,6-7,10,12H2,1-4H3,(H,18,20). The van der Waals surface area contributed by atoms with Gasteiger partial charge in [-0.3, -0.25) is 0 Å². The predicted molar refractivity (Wildman–Crippen MR) is 87.6 cm³/mol. The van der Waals surface area contributed by atoms with Gasteiger partial charge in [0.05, 0.1) is 7.11 Å². The quantitative estimate of drug-likeness (QED) is 0.932. The molecule has 1 aliphatic rings. The number of hydrogen-bond donors (Lipinski definition) is 1. The van der Waals surface area contributed by atoms with Crippen LogP contribution in [0.4, 0.5) is 10.5 Å². The van der Waals surface area contributed by atoms with Gasteiger partial charge in [0.25, 0.3) is 0 Å². The number of rotatable bonds is 3. The number of anilines is 1. The summed E-state index contributed by atoms with van der Waals surface area (Å²) in [6.07, 6.45) is 1.67. The molecule has 1 fully saturated rings. The van der Waals surface area contributed by atoms with E-state index in [0.717, 1.165) is 37.4 Å². The summed E-state index contributed by atoms with van der Waals surface area (Å²) in [6, 6.07) is 8.12. The summed E-state index contributed by atoms with van der Waals surface area (Å²) in [5.41, 5.74) is 0.653. The molecule has 122 valence electrons. The highest BCUT2D eigenvalue weighted by atomic mass is 16.6. The highest BCUT2D eigenvalue weighted by molar-refractivity contribution is 5.68. The average Bonchev–Trinajstić information content (AvgIpc) is 2.45. The second-order valence-electron chi connectivity index (χ2n) is 6.63. The number of benzene rings is 1. The van der Waals surface area contributed by atoms with Crippen molar-refractivity contribution in [1.29, 1.82) is 0 Å². The average molecular weight is 306 g/mol. The molecule has 5 nitrogen and oxygen atoms in total. The molecular weight excluding hydrogens is 280 g/mol. The number of ether oxygens (including phenoxy) is 2. The summed E-state index contributed by atoms with van der Waals surface area (Å²) in [5, 5.41) is 2.97. The first-order valence-electron chi connectivity index (χ1n) is 7.76. The van der Waals surface area contributed by atoms with E-state index in [0.29, 0.717) is 0 Å². The molecule has 2 rings (SSSR count). The second kappa shape index (κ2) is 6.90. The van der Waals surface area contributed by atoms with Crippen molar-refractivity contribution < 1.29 is 14.3 Å². The number of carbonyl (C=O) groups excluding carboxylic acids is 1. The molecule has 1 unspecified atom stereocenters. The lowest BCUT2D eigenvalue weighted by Crippen LogP contribution is -2.49. The minimum atomic E-state index is -0.467. The molecule has 1 aromatic rings. The number of methoxy groups -OCH3 is 1. The van der Waals surface area contributed by atoms with Crippen molar-refractivity contribution >= 4 is 11.8 Å². The van der Waals surface area contributed by atoms with E-state index in [1.165, 1.54) is 0 Å². The SMILES string of the molecule is COc1cccc(N2CCCC(NC(=O)OC(C)(C)C)C2)c1. The molecule has 5 heteroatoms. The van der Waals surface area contributed by atoms with Crippen LogP contribution in [0, 0.1) is 0 Å². The largest absolute Gasteiger partial charge is 0.497 e. The van der Waals surface area contributed by atoms with Crippen LogP contribution in [-0.2, 0) is 4.74 Å². The Bertz CT molecular complexity index is 511. The van der Waals surface area contributed by atoms with Crippen LogP contribution in [-0.4, -0.2) is 37.9 Å². The van der Waals surface area contributed by atoms with Crippen molar-refractivity contribution in [3.63, 3.8) is 0 Å². The van der Waals surface area contributed by atoms with Crippen LogP contribution in [0.25, 0.3) is 0 Å². The smallest absolute Gasteiger partial charge is 0.407 e. The summed E-state index contributed by atoms with van der Waals surface area (Å²) in [4.78, 5) is 14.2. The van der Waals surface area contributed by atoms with Crippen molar-refractivity contribution in [3.8, 4) is 5.75 Å². The van der Waals surface area contributed by atoms with E-state index in [4.69, 9.17) is 9.47 Å². The number of carbonyl (C=O) groups is 1. The molecule has 1 aromatic carbocycles. The van der Waals surface area contributed by atoms with Gasteiger partial charge < -0.3 is 19.7 Å². The van der Waals surface area contributed by atoms with Crippen LogP contribution in [0.5, 0.6) is 5.75 Å². The van der Waals surface area contributed by atoms with Crippen molar-refractivity contribution in [2.75, 3.05) is 25.1 Å². The number of alkyl carbamates (subject to hydrolysis) is 1. The Hall–Kier alpha value is -1.91. The normalized spacial score (nSPS) is 18.7. The maximum atomic E-state index is 11.9. The Morgan fingerprint density at radius 1 is 1.36 bits per heavy atom. The first-order valence-corrected chi connectivity index (χ1v) is 7.76. The third kappa shape index (κ3) is 4.83. The lowest BCUT2D eigenvalue weighted by Gasteiger charge is -2.35. The molecule has 22 heavy (non-hydrogen) atoms. The Morgan fingerprint density at radius 3 is 2.82 bits per heavy atom. The molecule has 0 saturated carbocycles. The highest BCUT2D eigenvalue weighted by Gasteiger charge is 2.24. The van der Waals surface area contributed by atoms with Gasteiger partial charge in [0.15, 0.2) is 0 Å². The summed E-state index contributed by atoms with van der Waals surface area (Å²) < 4.78 is 10.6. The monoisotopic (exact) mass is 306 g/mol. The highest BCUT2D eigenvalue weighted by Crippen LogP contribution is 2.24. The van der Waals surface area contributed by atoms with E-state index in [1.54, 1.807) is 7.11 Å². The van der Waals surface area contributed by atoms with Gasteiger partial charge in [-0.25, -0.2) is 4.79 Å². The Morgan fingerprint density at radius 2 is 2.14 bits per heavy atom. The fourth-order valence-corrected chi connectivity index (χ4v) is 2.61. The Kier molecular flexibility index (Phi) is 5.16. The van der Waals surface area contributed by atoms with Crippen LogP contribution in [0.15, 0.2) is 24.3 Å². The zero-order chi connectivity index (χ0) is 16.2. The number of piperidine rings is 1. The molecule has 1 N–H and O–H groups in total. The third-order valence-electron chi connectivity index (χ3n) is 3.56. The first kappa shape index (κ1) is 16.5. The minimum Gasteiger partial charge on any atom is -0.497 e. The van der Waals surface area contributed by atoms with Crippen LogP contribution in [0.3, 0.4) is 0 Å². The maximum absolute atomic E-state index is 11.9. The predicted octanol–water partition coefficient (Wildman–Crippen LogP) is 3.19. The molecule has 0 aromatic heterocycles. The van der Waals surface area contributed by atoms with Gasteiger partial charge in [0, 0.05) is 30.9 Å². The molecular formula is C17H26N2O3. The van der Waals surface area contributed by atoms with Gasteiger partial charge in [-0.1, -0.05) is 6.07 Å². The summed E-state index contributed by atoms with van der Waals surface area (Å²) in [6.45, 7) is 7.38. The van der Waals surface area contributed by atoms with E-state index in [1.807, 2.05) is 39.0 Å². The van der Waals surface area contributed by atoms with Gasteiger partial charge in [-0.2, -0.15) is 0 Å². The van der Waals surface area contributed by atoms with E-state index >= 15 is 0 Å². The molecule has 0 spiro atoms. The number of amides is 1. The summed E-state index contributed by atoms with van der Waals surface area (Å²) in [7, 11) is 1.67. The zero-order valence-electron chi connectivity index (χ0n) is 13.9. The maximum Gasteiger partial charge on any atom is 0.407 e. The van der Waals surface area contributed by atoms with Crippen molar-refractivity contribution in [1.82, 2.24) is 5.32 Å². The van der Waals surface area contributed by atoms with Crippen molar-refractivity contribution in [2.24, 2.45) is 0 Å². The second-order valence-corrected chi connectivity index (χ2v) is 6.63. The summed E-state index contributed by atoms with van der Waals surface area (Å²) >= 11 is 0. The van der Waals surface area contributed by atoms with E-state index < -0.39 is 5.60 Å². The molecule has 1 aliphatic heterocycles. The van der Waals surface area contributed by atoms with Crippen LogP contribution < -0.4 is 15.0 Å². The molecule has 0 radical (unpaired) electrons. The lowest BCUT2D eigenvalue weighted by molar-refractivity contribution is 0.0500. The van der Waals surface area contributed by atoms with E-state index in [-0.39, 0.29) is 12.1 Å². The molecule has 0 bridgehead atoms. The van der Waals surface area contributed by atoms with Gasteiger partial charge in [0.1, 0.15) is 11.4 Å². The number of nitrogens with one attached hydrogen (secondary N) is 1. The first-order chi connectivity index (χ1) is 10.4. The zero-order valence-corrected chi connectivity index (χ0v) is 13.9. The third-order valence-corrected chi connectivity index (χ3v) is 3.56. The van der Waals surface area contributed by atoms with Crippen LogP contribution in [0.2, 0.25) is 0 Å². The van der Waals surface area contributed by atoms with Gasteiger partial charge in [-0.05, 0) is 45.7 Å². The Balaban J connectivity index is 1.95. The fourth-order valence-electron chi connectivity index (χ4n) is 2.61. The van der Waals surface area contributed by atoms with Gasteiger partial charge in [-0.15, -0.1) is 0 Å². The van der Waals surface area contributed by atoms with Gasteiger partial charge >= 0.3 is 6.09 Å².